The zero-order valence-electron chi connectivity index (χ0n) is 11.0. The Balaban J connectivity index is 1.78. The Labute approximate surface area is 112 Å². The van der Waals surface area contributed by atoms with Crippen molar-refractivity contribution in [1.29, 1.82) is 0 Å². The SMILES string of the molecule is Cn1nccc1-c1ccnc(N[C@@H]2CCCNC2)n1. The Morgan fingerprint density at radius 3 is 3.05 bits per heavy atom. The standard InChI is InChI=1S/C13H18N6/c1-19-12(5-8-16-19)11-4-7-15-13(18-11)17-10-3-2-6-14-9-10/h4-5,7-8,10,14H,2-3,6,9H2,1H3,(H,15,17,18)/t10-/m1/s1. The molecular weight excluding hydrogens is 240 g/mol. The molecule has 1 fully saturated rings. The molecule has 6 heteroatoms. The Hall–Kier alpha value is -1.95. The van der Waals surface area contributed by atoms with Crippen molar-refractivity contribution in [1.82, 2.24) is 25.1 Å². The molecule has 0 aromatic carbocycles. The van der Waals surface area contributed by atoms with E-state index in [1.54, 1.807) is 12.4 Å². The number of aryl methyl sites for hydroxylation is 1. The van der Waals surface area contributed by atoms with Gasteiger partial charge in [0.25, 0.3) is 0 Å². The van der Waals surface area contributed by atoms with Gasteiger partial charge in [-0.1, -0.05) is 0 Å². The zero-order valence-corrected chi connectivity index (χ0v) is 11.0. The average molecular weight is 258 g/mol. The van der Waals surface area contributed by atoms with E-state index in [2.05, 4.69) is 25.7 Å². The summed E-state index contributed by atoms with van der Waals surface area (Å²) in [5.41, 5.74) is 1.88. The van der Waals surface area contributed by atoms with Gasteiger partial charge in [0, 0.05) is 32.0 Å². The summed E-state index contributed by atoms with van der Waals surface area (Å²) in [5, 5.41) is 10.9. The lowest BCUT2D eigenvalue weighted by molar-refractivity contribution is 0.478. The van der Waals surface area contributed by atoms with Crippen molar-refractivity contribution in [3.63, 3.8) is 0 Å². The van der Waals surface area contributed by atoms with Crippen LogP contribution in [0.5, 0.6) is 0 Å². The highest BCUT2D eigenvalue weighted by molar-refractivity contribution is 5.55. The van der Waals surface area contributed by atoms with E-state index in [1.807, 2.05) is 23.9 Å². The van der Waals surface area contributed by atoms with Crippen molar-refractivity contribution in [2.45, 2.75) is 18.9 Å². The molecule has 3 rings (SSSR count). The fourth-order valence-electron chi connectivity index (χ4n) is 2.35. The summed E-state index contributed by atoms with van der Waals surface area (Å²) in [7, 11) is 1.91. The molecule has 3 heterocycles. The second-order valence-corrected chi connectivity index (χ2v) is 4.79. The fraction of sp³-hybridized carbons (Fsp3) is 0.462. The highest BCUT2D eigenvalue weighted by Crippen LogP contribution is 2.17. The minimum Gasteiger partial charge on any atom is -0.350 e. The Bertz CT molecular complexity index is 544. The van der Waals surface area contributed by atoms with E-state index in [-0.39, 0.29) is 0 Å². The largest absolute Gasteiger partial charge is 0.350 e. The minimum atomic E-state index is 0.413. The van der Waals surface area contributed by atoms with E-state index in [0.29, 0.717) is 12.0 Å². The molecule has 0 aliphatic carbocycles. The van der Waals surface area contributed by atoms with Crippen molar-refractivity contribution >= 4 is 5.95 Å². The molecule has 0 radical (unpaired) electrons. The number of nitrogens with zero attached hydrogens (tertiary/aromatic N) is 4. The van der Waals surface area contributed by atoms with Crippen molar-refractivity contribution in [3.8, 4) is 11.4 Å². The van der Waals surface area contributed by atoms with Crippen LogP contribution in [0.25, 0.3) is 11.4 Å². The van der Waals surface area contributed by atoms with Gasteiger partial charge < -0.3 is 10.6 Å². The second kappa shape index (κ2) is 5.36. The van der Waals surface area contributed by atoms with Gasteiger partial charge in [0.2, 0.25) is 5.95 Å². The van der Waals surface area contributed by atoms with Gasteiger partial charge in [-0.15, -0.1) is 0 Å². The number of piperidine rings is 1. The van der Waals surface area contributed by atoms with Gasteiger partial charge in [-0.3, -0.25) is 4.68 Å². The maximum Gasteiger partial charge on any atom is 0.223 e. The van der Waals surface area contributed by atoms with Crippen molar-refractivity contribution in [3.05, 3.63) is 24.5 Å². The molecule has 0 amide bonds. The molecule has 6 nitrogen and oxygen atoms in total. The van der Waals surface area contributed by atoms with Gasteiger partial charge in [-0.2, -0.15) is 5.10 Å². The smallest absolute Gasteiger partial charge is 0.223 e. The van der Waals surface area contributed by atoms with Crippen LogP contribution in [0.4, 0.5) is 5.95 Å². The van der Waals surface area contributed by atoms with Crippen LogP contribution in [0.3, 0.4) is 0 Å². The normalized spacial score (nSPS) is 19.3. The van der Waals surface area contributed by atoms with Gasteiger partial charge in [0.15, 0.2) is 0 Å². The Morgan fingerprint density at radius 2 is 2.32 bits per heavy atom. The quantitative estimate of drug-likeness (QED) is 0.861. The maximum atomic E-state index is 4.56. The van der Waals surface area contributed by atoms with Crippen LogP contribution in [0.2, 0.25) is 0 Å². The number of anilines is 1. The van der Waals surface area contributed by atoms with Crippen molar-refractivity contribution in [2.75, 3.05) is 18.4 Å². The molecule has 0 saturated carbocycles. The van der Waals surface area contributed by atoms with E-state index in [1.165, 1.54) is 6.42 Å². The van der Waals surface area contributed by atoms with Crippen LogP contribution < -0.4 is 10.6 Å². The molecule has 1 aliphatic heterocycles. The third-order valence-electron chi connectivity index (χ3n) is 3.37. The molecule has 2 N–H and O–H groups in total. The van der Waals surface area contributed by atoms with Crippen LogP contribution >= 0.6 is 0 Å². The van der Waals surface area contributed by atoms with Crippen molar-refractivity contribution in [2.24, 2.45) is 7.05 Å². The number of aromatic nitrogens is 4. The van der Waals surface area contributed by atoms with Gasteiger partial charge in [-0.05, 0) is 31.5 Å². The third-order valence-corrected chi connectivity index (χ3v) is 3.37. The predicted molar refractivity (Wildman–Crippen MR) is 73.7 cm³/mol. The lowest BCUT2D eigenvalue weighted by Gasteiger charge is -2.23. The summed E-state index contributed by atoms with van der Waals surface area (Å²) < 4.78 is 1.81. The summed E-state index contributed by atoms with van der Waals surface area (Å²) in [6.45, 7) is 2.08. The zero-order chi connectivity index (χ0) is 13.1. The topological polar surface area (TPSA) is 67.7 Å². The van der Waals surface area contributed by atoms with Crippen LogP contribution in [0, 0.1) is 0 Å². The van der Waals surface area contributed by atoms with E-state index in [4.69, 9.17) is 0 Å². The van der Waals surface area contributed by atoms with Crippen molar-refractivity contribution < 1.29 is 0 Å². The molecule has 1 aliphatic rings. The fourth-order valence-corrected chi connectivity index (χ4v) is 2.35. The first-order valence-corrected chi connectivity index (χ1v) is 6.61. The molecule has 2 aromatic rings. The molecular formula is C13H18N6. The predicted octanol–water partition coefficient (Wildman–Crippen LogP) is 1.04. The lowest BCUT2D eigenvalue weighted by Crippen LogP contribution is -2.38. The summed E-state index contributed by atoms with van der Waals surface area (Å²) in [6, 6.07) is 4.27. The molecule has 1 atom stereocenters. The first kappa shape index (κ1) is 12.1. The van der Waals surface area contributed by atoms with E-state index in [9.17, 15) is 0 Å². The lowest BCUT2D eigenvalue weighted by atomic mass is 10.1. The molecule has 19 heavy (non-hydrogen) atoms. The van der Waals surface area contributed by atoms with E-state index < -0.39 is 0 Å². The Kier molecular flexibility index (Phi) is 3.41. The monoisotopic (exact) mass is 258 g/mol. The summed E-state index contributed by atoms with van der Waals surface area (Å²) in [6.07, 6.45) is 5.91. The Morgan fingerprint density at radius 1 is 1.37 bits per heavy atom. The van der Waals surface area contributed by atoms with E-state index >= 15 is 0 Å². The van der Waals surface area contributed by atoms with Gasteiger partial charge >= 0.3 is 0 Å². The third kappa shape index (κ3) is 2.73. The molecule has 100 valence electrons. The number of rotatable bonds is 3. The summed E-state index contributed by atoms with van der Waals surface area (Å²) in [4.78, 5) is 8.85. The van der Waals surface area contributed by atoms with Crippen LogP contribution in [0.1, 0.15) is 12.8 Å². The maximum absolute atomic E-state index is 4.56. The summed E-state index contributed by atoms with van der Waals surface area (Å²) in [5.74, 6) is 0.687. The first-order chi connectivity index (χ1) is 9.33. The molecule has 0 unspecified atom stereocenters. The minimum absolute atomic E-state index is 0.413. The van der Waals surface area contributed by atoms with Crippen LogP contribution in [0.15, 0.2) is 24.5 Å². The highest BCUT2D eigenvalue weighted by atomic mass is 15.3. The molecule has 2 aromatic heterocycles. The number of nitrogens with one attached hydrogen (secondary N) is 2. The molecule has 0 bridgehead atoms. The van der Waals surface area contributed by atoms with Gasteiger partial charge in [0.1, 0.15) is 0 Å². The molecule has 1 saturated heterocycles. The van der Waals surface area contributed by atoms with Gasteiger partial charge in [-0.25, -0.2) is 9.97 Å². The van der Waals surface area contributed by atoms with Crippen LogP contribution in [-0.2, 0) is 7.05 Å². The molecule has 0 spiro atoms. The van der Waals surface area contributed by atoms with E-state index in [0.717, 1.165) is 30.9 Å². The average Bonchev–Trinajstić information content (AvgIpc) is 2.86. The van der Waals surface area contributed by atoms with Gasteiger partial charge in [0.05, 0.1) is 11.4 Å². The second-order valence-electron chi connectivity index (χ2n) is 4.79. The summed E-state index contributed by atoms with van der Waals surface area (Å²) >= 11 is 0. The number of hydrogen-bond acceptors (Lipinski definition) is 5. The highest BCUT2D eigenvalue weighted by Gasteiger charge is 2.14. The first-order valence-electron chi connectivity index (χ1n) is 6.61. The number of hydrogen-bond donors (Lipinski definition) is 2. The van der Waals surface area contributed by atoms with Crippen LogP contribution in [-0.4, -0.2) is 38.9 Å².